The number of hydrogen-bond donors (Lipinski definition) is 2. The van der Waals surface area contributed by atoms with Crippen LogP contribution in [0, 0.1) is 0 Å². The molecule has 0 spiro atoms. The Hall–Kier alpha value is -2.80. The van der Waals surface area contributed by atoms with Crippen LogP contribution in [0.25, 0.3) is 0 Å². The van der Waals surface area contributed by atoms with Gasteiger partial charge in [-0.25, -0.2) is 9.98 Å². The van der Waals surface area contributed by atoms with Gasteiger partial charge < -0.3 is 25.2 Å². The maximum absolute atomic E-state index is 5.71. The number of aliphatic imine (C=N–C) groups is 1. The molecule has 0 radical (unpaired) electrons. The van der Waals surface area contributed by atoms with E-state index in [2.05, 4.69) is 57.6 Å². The Morgan fingerprint density at radius 2 is 1.87 bits per heavy atom. The molecule has 0 atom stereocenters. The maximum Gasteiger partial charge on any atom is 0.191 e. The Morgan fingerprint density at radius 1 is 1.07 bits per heavy atom. The number of likely N-dealkylation sites (N-methyl/N-ethyl adjacent to an activating group) is 1. The number of guanidine groups is 1. The monoisotopic (exact) mass is 410 g/mol. The molecule has 162 valence electrons. The molecule has 1 aliphatic heterocycles. The molecule has 0 saturated carbocycles. The number of para-hydroxylation sites is 1. The molecule has 1 fully saturated rings. The van der Waals surface area contributed by atoms with Gasteiger partial charge >= 0.3 is 0 Å². The van der Waals surface area contributed by atoms with Gasteiger partial charge in [-0.3, -0.25) is 0 Å². The number of hydrogen-bond acceptors (Lipinski definition) is 5. The average Bonchev–Trinajstić information content (AvgIpc) is 2.78. The van der Waals surface area contributed by atoms with Gasteiger partial charge in [0.2, 0.25) is 0 Å². The first kappa shape index (κ1) is 21.9. The minimum atomic E-state index is 0.582. The highest BCUT2D eigenvalue weighted by Crippen LogP contribution is 2.17. The fourth-order valence-electron chi connectivity index (χ4n) is 3.37. The molecule has 0 amide bonds. The number of rotatable bonds is 8. The zero-order valence-electron chi connectivity index (χ0n) is 18.4. The second-order valence-corrected chi connectivity index (χ2v) is 7.40. The van der Waals surface area contributed by atoms with Gasteiger partial charge in [-0.1, -0.05) is 24.3 Å². The summed E-state index contributed by atoms with van der Waals surface area (Å²) in [5.74, 6) is 2.74. The van der Waals surface area contributed by atoms with Crippen molar-refractivity contribution in [3.63, 3.8) is 0 Å². The molecular formula is C23H34N6O. The van der Waals surface area contributed by atoms with E-state index in [0.717, 1.165) is 61.4 Å². The first-order valence-corrected chi connectivity index (χ1v) is 10.8. The third-order valence-corrected chi connectivity index (χ3v) is 5.12. The van der Waals surface area contributed by atoms with Crippen molar-refractivity contribution in [2.45, 2.75) is 26.9 Å². The van der Waals surface area contributed by atoms with Crippen LogP contribution in [0.2, 0.25) is 0 Å². The Kier molecular flexibility index (Phi) is 8.32. The van der Waals surface area contributed by atoms with Crippen molar-refractivity contribution < 1.29 is 4.74 Å². The van der Waals surface area contributed by atoms with Gasteiger partial charge in [0.15, 0.2) is 5.96 Å². The lowest BCUT2D eigenvalue weighted by molar-refractivity contribution is 0.312. The molecule has 3 rings (SSSR count). The van der Waals surface area contributed by atoms with E-state index in [0.29, 0.717) is 19.7 Å². The molecule has 1 aromatic heterocycles. The van der Waals surface area contributed by atoms with Crippen molar-refractivity contribution >= 4 is 11.8 Å². The van der Waals surface area contributed by atoms with E-state index >= 15 is 0 Å². The largest absolute Gasteiger partial charge is 0.494 e. The Bertz CT molecular complexity index is 800. The first-order chi connectivity index (χ1) is 14.7. The molecule has 1 aliphatic rings. The lowest BCUT2D eigenvalue weighted by Gasteiger charge is -2.33. The lowest BCUT2D eigenvalue weighted by Crippen LogP contribution is -2.44. The number of anilines is 1. The number of aromatic nitrogens is 1. The van der Waals surface area contributed by atoms with Crippen LogP contribution in [-0.4, -0.2) is 62.2 Å². The number of ether oxygens (including phenoxy) is 1. The topological polar surface area (TPSA) is 65.0 Å². The number of piperazine rings is 1. The summed E-state index contributed by atoms with van der Waals surface area (Å²) in [5.41, 5.74) is 2.21. The van der Waals surface area contributed by atoms with Crippen LogP contribution in [-0.2, 0) is 13.1 Å². The van der Waals surface area contributed by atoms with Gasteiger partial charge in [-0.05, 0) is 38.6 Å². The van der Waals surface area contributed by atoms with Gasteiger partial charge in [0, 0.05) is 51.0 Å². The second kappa shape index (κ2) is 11.4. The van der Waals surface area contributed by atoms with Crippen molar-refractivity contribution in [3.8, 4) is 5.75 Å². The van der Waals surface area contributed by atoms with Crippen molar-refractivity contribution in [1.82, 2.24) is 20.5 Å². The third kappa shape index (κ3) is 6.35. The molecule has 2 aromatic rings. The van der Waals surface area contributed by atoms with Crippen LogP contribution >= 0.6 is 0 Å². The fourth-order valence-corrected chi connectivity index (χ4v) is 3.37. The SMILES string of the molecule is CCNC(=NCc1ccc(N2CCN(C)CC2)nc1)NCc1ccccc1OCC. The Labute approximate surface area is 180 Å². The third-order valence-electron chi connectivity index (χ3n) is 5.12. The van der Waals surface area contributed by atoms with Crippen LogP contribution < -0.4 is 20.3 Å². The number of nitrogens with one attached hydrogen (secondary N) is 2. The summed E-state index contributed by atoms with van der Waals surface area (Å²) >= 11 is 0. The van der Waals surface area contributed by atoms with Crippen LogP contribution in [0.1, 0.15) is 25.0 Å². The molecule has 7 heteroatoms. The highest BCUT2D eigenvalue weighted by Gasteiger charge is 2.14. The highest BCUT2D eigenvalue weighted by atomic mass is 16.5. The second-order valence-electron chi connectivity index (χ2n) is 7.40. The lowest BCUT2D eigenvalue weighted by atomic mass is 10.2. The van der Waals surface area contributed by atoms with Gasteiger partial charge in [-0.15, -0.1) is 0 Å². The summed E-state index contributed by atoms with van der Waals surface area (Å²) in [5, 5.41) is 6.71. The average molecular weight is 411 g/mol. The maximum atomic E-state index is 5.71. The van der Waals surface area contributed by atoms with Crippen LogP contribution in [0.15, 0.2) is 47.6 Å². The van der Waals surface area contributed by atoms with Crippen molar-refractivity contribution in [1.29, 1.82) is 0 Å². The molecule has 2 N–H and O–H groups in total. The quantitative estimate of drug-likeness (QED) is 0.515. The van der Waals surface area contributed by atoms with Gasteiger partial charge in [-0.2, -0.15) is 0 Å². The van der Waals surface area contributed by atoms with Crippen LogP contribution in [0.5, 0.6) is 5.75 Å². The molecule has 1 aromatic carbocycles. The van der Waals surface area contributed by atoms with Crippen molar-refractivity contribution in [2.24, 2.45) is 4.99 Å². The van der Waals surface area contributed by atoms with Gasteiger partial charge in [0.05, 0.1) is 13.2 Å². The molecule has 0 bridgehead atoms. The summed E-state index contributed by atoms with van der Waals surface area (Å²) in [6.07, 6.45) is 1.94. The van der Waals surface area contributed by atoms with E-state index in [9.17, 15) is 0 Å². The molecule has 7 nitrogen and oxygen atoms in total. The first-order valence-electron chi connectivity index (χ1n) is 10.8. The summed E-state index contributed by atoms with van der Waals surface area (Å²) in [4.78, 5) is 14.1. The Morgan fingerprint density at radius 3 is 2.57 bits per heavy atom. The normalized spacial score (nSPS) is 15.2. The molecular weight excluding hydrogens is 376 g/mol. The van der Waals surface area contributed by atoms with Crippen molar-refractivity contribution in [2.75, 3.05) is 51.3 Å². The highest BCUT2D eigenvalue weighted by molar-refractivity contribution is 5.79. The minimum absolute atomic E-state index is 0.582. The molecule has 1 saturated heterocycles. The fraction of sp³-hybridized carbons (Fsp3) is 0.478. The smallest absolute Gasteiger partial charge is 0.191 e. The van der Waals surface area contributed by atoms with E-state index < -0.39 is 0 Å². The summed E-state index contributed by atoms with van der Waals surface area (Å²) < 4.78 is 5.71. The molecule has 0 unspecified atom stereocenters. The zero-order valence-corrected chi connectivity index (χ0v) is 18.4. The van der Waals surface area contributed by atoms with Crippen LogP contribution in [0.4, 0.5) is 5.82 Å². The van der Waals surface area contributed by atoms with E-state index in [4.69, 9.17) is 9.73 Å². The minimum Gasteiger partial charge on any atom is -0.494 e. The standard InChI is InChI=1S/C23H34N6O/c1-4-24-23(27-18-20-8-6-7-9-21(20)30-5-2)26-17-19-10-11-22(25-16-19)29-14-12-28(3)13-15-29/h6-11,16H,4-5,12-15,17-18H2,1-3H3,(H2,24,26,27). The van der Waals surface area contributed by atoms with E-state index in [1.807, 2.05) is 31.3 Å². The van der Waals surface area contributed by atoms with Crippen molar-refractivity contribution in [3.05, 3.63) is 53.7 Å². The van der Waals surface area contributed by atoms with Gasteiger partial charge in [0.1, 0.15) is 11.6 Å². The van der Waals surface area contributed by atoms with Crippen LogP contribution in [0.3, 0.4) is 0 Å². The molecule has 30 heavy (non-hydrogen) atoms. The number of nitrogens with zero attached hydrogens (tertiary/aromatic N) is 4. The summed E-state index contributed by atoms with van der Waals surface area (Å²) in [7, 11) is 2.16. The molecule has 2 heterocycles. The predicted molar refractivity (Wildman–Crippen MR) is 123 cm³/mol. The van der Waals surface area contributed by atoms with E-state index in [1.54, 1.807) is 0 Å². The van der Waals surface area contributed by atoms with Gasteiger partial charge in [0.25, 0.3) is 0 Å². The zero-order chi connectivity index (χ0) is 21.2. The van der Waals surface area contributed by atoms with E-state index in [-0.39, 0.29) is 0 Å². The summed E-state index contributed by atoms with van der Waals surface area (Å²) in [6.45, 7) is 11.0. The predicted octanol–water partition coefficient (Wildman–Crippen LogP) is 2.49. The number of benzene rings is 1. The summed E-state index contributed by atoms with van der Waals surface area (Å²) in [6, 6.07) is 12.3. The van der Waals surface area contributed by atoms with E-state index in [1.165, 1.54) is 0 Å². The Balaban J connectivity index is 1.58. The number of pyridine rings is 1. The molecule has 0 aliphatic carbocycles.